The molecule has 5 amide bonds. The van der Waals surface area contributed by atoms with E-state index in [2.05, 4.69) is 21.3 Å². The molecule has 1 unspecified atom stereocenters. The monoisotopic (exact) mass is 549 g/mol. The molecule has 12 heteroatoms. The van der Waals surface area contributed by atoms with E-state index in [1.165, 1.54) is 18.2 Å². The van der Waals surface area contributed by atoms with Crippen molar-refractivity contribution in [2.75, 3.05) is 33.2 Å². The molecule has 1 aliphatic heterocycles. The summed E-state index contributed by atoms with van der Waals surface area (Å²) in [6, 6.07) is 13.7. The Hall–Kier alpha value is -4.71. The van der Waals surface area contributed by atoms with Crippen molar-refractivity contribution in [3.8, 4) is 0 Å². The van der Waals surface area contributed by atoms with Gasteiger partial charge in [-0.1, -0.05) is 42.5 Å². The average Bonchev–Trinajstić information content (AvgIpc) is 2.93. The van der Waals surface area contributed by atoms with Crippen LogP contribution in [0.1, 0.15) is 27.9 Å². The van der Waals surface area contributed by atoms with Crippen LogP contribution in [0.5, 0.6) is 0 Å². The first-order valence-corrected chi connectivity index (χ1v) is 12.9. The van der Waals surface area contributed by atoms with Gasteiger partial charge in [0.2, 0.25) is 23.6 Å². The lowest BCUT2D eigenvalue weighted by Crippen LogP contribution is -2.54. The maximum absolute atomic E-state index is 13.0. The number of hydrogen-bond donors (Lipinski definition) is 6. The van der Waals surface area contributed by atoms with Crippen molar-refractivity contribution in [2.24, 2.45) is 11.5 Å². The van der Waals surface area contributed by atoms with E-state index in [9.17, 15) is 24.0 Å². The molecule has 2 atom stereocenters. The fourth-order valence-corrected chi connectivity index (χ4v) is 4.05. The first kappa shape index (κ1) is 29.8. The smallest absolute Gasteiger partial charge is 0.267 e. The summed E-state index contributed by atoms with van der Waals surface area (Å²) < 4.78 is 0. The van der Waals surface area contributed by atoms with Gasteiger partial charge in [-0.3, -0.25) is 24.0 Å². The summed E-state index contributed by atoms with van der Waals surface area (Å²) in [5, 5.41) is 10.7. The van der Waals surface area contributed by atoms with E-state index in [4.69, 9.17) is 11.5 Å². The zero-order valence-electron chi connectivity index (χ0n) is 22.3. The fourth-order valence-electron chi connectivity index (χ4n) is 4.05. The largest absolute Gasteiger partial charge is 0.394 e. The normalized spacial score (nSPS) is 19.9. The predicted octanol–water partition coefficient (Wildman–Crippen LogP) is -1.13. The Kier molecular flexibility index (Phi) is 10.8. The van der Waals surface area contributed by atoms with Crippen molar-refractivity contribution >= 4 is 35.6 Å². The second-order valence-corrected chi connectivity index (χ2v) is 9.52. The molecule has 2 aromatic carbocycles. The van der Waals surface area contributed by atoms with Gasteiger partial charge in [0, 0.05) is 31.6 Å². The number of nitrogens with two attached hydrogens (primary N) is 2. The zero-order chi connectivity index (χ0) is 29.1. The molecule has 2 aromatic rings. The Morgan fingerprint density at radius 3 is 2.35 bits per heavy atom. The Labute approximate surface area is 232 Å². The molecule has 1 saturated heterocycles. The van der Waals surface area contributed by atoms with Gasteiger partial charge in [-0.2, -0.15) is 0 Å². The lowest BCUT2D eigenvalue weighted by molar-refractivity contribution is -0.131. The summed E-state index contributed by atoms with van der Waals surface area (Å²) in [5.41, 5.74) is 12.8. The van der Waals surface area contributed by atoms with E-state index < -0.39 is 35.7 Å². The highest BCUT2D eigenvalue weighted by atomic mass is 16.2. The predicted molar refractivity (Wildman–Crippen MR) is 149 cm³/mol. The molecule has 0 saturated carbocycles. The van der Waals surface area contributed by atoms with Gasteiger partial charge in [0.25, 0.3) is 5.91 Å². The lowest BCUT2D eigenvalue weighted by atomic mass is 10.1. The van der Waals surface area contributed by atoms with Crippen LogP contribution in [0.4, 0.5) is 0 Å². The summed E-state index contributed by atoms with van der Waals surface area (Å²) in [6.07, 6.45) is 1.94. The third kappa shape index (κ3) is 9.24. The SMILES string of the molecule is CN1CCNC(=O)C(Cc2ccccc2)NC(=O)CNC(=O)[C@H](NC(=O)/C(N)=C/c2ccc(C(N)=O)cc2)CC1. The van der Waals surface area contributed by atoms with E-state index in [1.54, 1.807) is 12.1 Å². The van der Waals surface area contributed by atoms with Crippen LogP contribution in [-0.2, 0) is 25.6 Å². The van der Waals surface area contributed by atoms with Crippen LogP contribution in [0, 0.1) is 0 Å². The van der Waals surface area contributed by atoms with Gasteiger partial charge in [0.15, 0.2) is 0 Å². The van der Waals surface area contributed by atoms with Crippen molar-refractivity contribution in [3.63, 3.8) is 0 Å². The molecule has 8 N–H and O–H groups in total. The number of rotatable bonds is 6. The Bertz CT molecular complexity index is 1250. The van der Waals surface area contributed by atoms with Crippen LogP contribution < -0.4 is 32.7 Å². The number of likely N-dealkylation sites (N-methyl/N-ethyl adjacent to an activating group) is 1. The number of benzene rings is 2. The highest BCUT2D eigenvalue weighted by Gasteiger charge is 2.25. The van der Waals surface area contributed by atoms with Crippen LogP contribution in [-0.4, -0.2) is 79.7 Å². The van der Waals surface area contributed by atoms with Gasteiger partial charge in [0.05, 0.1) is 12.2 Å². The van der Waals surface area contributed by atoms with E-state index in [1.807, 2.05) is 42.3 Å². The minimum Gasteiger partial charge on any atom is -0.394 e. The molecule has 1 heterocycles. The molecular weight excluding hydrogens is 514 g/mol. The quantitative estimate of drug-likeness (QED) is 0.246. The number of primary amides is 1. The highest BCUT2D eigenvalue weighted by Crippen LogP contribution is 2.08. The molecule has 0 spiro atoms. The van der Waals surface area contributed by atoms with Gasteiger partial charge >= 0.3 is 0 Å². The maximum Gasteiger partial charge on any atom is 0.267 e. The lowest BCUT2D eigenvalue weighted by Gasteiger charge is -2.24. The molecule has 0 bridgehead atoms. The molecule has 1 fully saturated rings. The minimum absolute atomic E-state index is 0.142. The number of nitrogens with zero attached hydrogens (tertiary/aromatic N) is 1. The third-order valence-electron chi connectivity index (χ3n) is 6.35. The van der Waals surface area contributed by atoms with E-state index in [-0.39, 0.29) is 31.0 Å². The third-order valence-corrected chi connectivity index (χ3v) is 6.35. The Morgan fingerprint density at radius 1 is 0.975 bits per heavy atom. The van der Waals surface area contributed by atoms with Gasteiger partial charge < -0.3 is 37.6 Å². The number of hydrogen-bond acceptors (Lipinski definition) is 7. The van der Waals surface area contributed by atoms with Crippen LogP contribution in [0.3, 0.4) is 0 Å². The molecule has 0 aliphatic carbocycles. The second kappa shape index (κ2) is 14.4. The van der Waals surface area contributed by atoms with Crippen LogP contribution >= 0.6 is 0 Å². The molecule has 212 valence electrons. The maximum atomic E-state index is 13.0. The highest BCUT2D eigenvalue weighted by molar-refractivity contribution is 6.00. The average molecular weight is 550 g/mol. The Morgan fingerprint density at radius 2 is 1.68 bits per heavy atom. The van der Waals surface area contributed by atoms with Gasteiger partial charge in [-0.15, -0.1) is 0 Å². The summed E-state index contributed by atoms with van der Waals surface area (Å²) in [5.74, 6) is -2.65. The van der Waals surface area contributed by atoms with E-state index in [0.29, 0.717) is 30.8 Å². The Balaban J connectivity index is 1.68. The van der Waals surface area contributed by atoms with Crippen molar-refractivity contribution < 1.29 is 24.0 Å². The van der Waals surface area contributed by atoms with Crippen molar-refractivity contribution in [2.45, 2.75) is 24.9 Å². The minimum atomic E-state index is -0.968. The molecule has 0 aromatic heterocycles. The number of amides is 5. The first-order chi connectivity index (χ1) is 19.1. The van der Waals surface area contributed by atoms with Gasteiger partial charge in [-0.25, -0.2) is 0 Å². The van der Waals surface area contributed by atoms with Crippen molar-refractivity contribution in [3.05, 3.63) is 77.0 Å². The molecule has 40 heavy (non-hydrogen) atoms. The van der Waals surface area contributed by atoms with Gasteiger partial charge in [-0.05, 0) is 42.8 Å². The van der Waals surface area contributed by atoms with E-state index in [0.717, 1.165) is 5.56 Å². The van der Waals surface area contributed by atoms with Crippen molar-refractivity contribution in [1.82, 2.24) is 26.2 Å². The topological polar surface area (TPSA) is 189 Å². The summed E-state index contributed by atoms with van der Waals surface area (Å²) in [7, 11) is 1.84. The number of carbonyl (C=O) groups excluding carboxylic acids is 5. The van der Waals surface area contributed by atoms with E-state index >= 15 is 0 Å². The second-order valence-electron chi connectivity index (χ2n) is 9.52. The molecule has 0 radical (unpaired) electrons. The number of carbonyl (C=O) groups is 5. The molecular formula is C28H35N7O5. The molecule has 3 rings (SSSR count). The zero-order valence-corrected chi connectivity index (χ0v) is 22.3. The molecule has 12 nitrogen and oxygen atoms in total. The molecule has 1 aliphatic rings. The van der Waals surface area contributed by atoms with Crippen LogP contribution in [0.25, 0.3) is 6.08 Å². The summed E-state index contributed by atoms with van der Waals surface area (Å²) >= 11 is 0. The number of nitrogens with one attached hydrogen (secondary N) is 4. The standard InChI is InChI=1S/C28H35N7O5/c1-35-13-11-22(34-26(38)21(29)15-19-7-9-20(10-8-19)25(30)37)27(39)32-17-24(36)33-23(28(40)31-12-14-35)16-18-5-3-2-4-6-18/h2-10,15,22-23H,11-14,16-17,29H2,1H3,(H2,30,37)(H,31,40)(H,32,39)(H,33,36)(H,34,38)/b21-15-/t22-,23?/m1/s1. The summed E-state index contributed by atoms with van der Waals surface area (Å²) in [4.78, 5) is 64.4. The fraction of sp³-hybridized carbons (Fsp3) is 0.321. The van der Waals surface area contributed by atoms with Crippen LogP contribution in [0.2, 0.25) is 0 Å². The van der Waals surface area contributed by atoms with Gasteiger partial charge in [0.1, 0.15) is 12.1 Å². The summed E-state index contributed by atoms with van der Waals surface area (Å²) in [6.45, 7) is 0.872. The van der Waals surface area contributed by atoms with Crippen molar-refractivity contribution in [1.29, 1.82) is 0 Å². The van der Waals surface area contributed by atoms with Crippen LogP contribution in [0.15, 0.2) is 60.3 Å². The first-order valence-electron chi connectivity index (χ1n) is 12.9.